The highest BCUT2D eigenvalue weighted by molar-refractivity contribution is 5.82. The van der Waals surface area contributed by atoms with Gasteiger partial charge in [0.1, 0.15) is 11.3 Å². The van der Waals surface area contributed by atoms with Gasteiger partial charge in [-0.3, -0.25) is 4.90 Å². The minimum atomic E-state index is -0.302. The van der Waals surface area contributed by atoms with Gasteiger partial charge in [0.15, 0.2) is 0 Å². The van der Waals surface area contributed by atoms with Crippen LogP contribution in [0.15, 0.2) is 51.7 Å². The molecular weight excluding hydrogens is 326 g/mol. The summed E-state index contributed by atoms with van der Waals surface area (Å²) in [5.41, 5.74) is 5.09. The number of hydrogen-bond acceptors (Lipinski definition) is 4. The highest BCUT2D eigenvalue weighted by Gasteiger charge is 2.18. The Hall–Kier alpha value is -2.59. The average molecular weight is 349 g/mol. The molecule has 0 saturated carbocycles. The number of phenols is 1. The van der Waals surface area contributed by atoms with Crippen molar-refractivity contribution in [1.82, 2.24) is 4.90 Å². The van der Waals surface area contributed by atoms with Gasteiger partial charge in [-0.15, -0.1) is 0 Å². The highest BCUT2D eigenvalue weighted by atomic mass is 16.4. The van der Waals surface area contributed by atoms with Crippen LogP contribution in [0, 0.1) is 0 Å². The Labute approximate surface area is 152 Å². The maximum Gasteiger partial charge on any atom is 0.336 e. The van der Waals surface area contributed by atoms with Crippen LogP contribution < -0.4 is 5.63 Å². The summed E-state index contributed by atoms with van der Waals surface area (Å²) in [5.74, 6) is 0.268. The van der Waals surface area contributed by atoms with E-state index in [2.05, 4.69) is 17.9 Å². The lowest BCUT2D eigenvalue weighted by Gasteiger charge is -2.25. The molecule has 0 radical (unpaired) electrons. The summed E-state index contributed by atoms with van der Waals surface area (Å²) in [6, 6.07) is 13.3. The van der Waals surface area contributed by atoms with Gasteiger partial charge in [0, 0.05) is 24.0 Å². The molecule has 0 saturated heterocycles. The van der Waals surface area contributed by atoms with Crippen molar-refractivity contribution in [3.8, 4) is 5.75 Å². The third kappa shape index (κ3) is 3.13. The first-order valence-corrected chi connectivity index (χ1v) is 9.09. The Bertz CT molecular complexity index is 1020. The normalized spacial score (nSPS) is 14.7. The number of rotatable bonds is 4. The molecule has 4 heteroatoms. The minimum absolute atomic E-state index is 0.110. The van der Waals surface area contributed by atoms with Gasteiger partial charge in [-0.2, -0.15) is 0 Å². The second-order valence-corrected chi connectivity index (χ2v) is 7.25. The van der Waals surface area contributed by atoms with E-state index >= 15 is 0 Å². The zero-order valence-corrected chi connectivity index (χ0v) is 15.2. The quantitative estimate of drug-likeness (QED) is 0.718. The van der Waals surface area contributed by atoms with Crippen molar-refractivity contribution >= 4 is 11.0 Å². The standard InChI is InChI=1S/C22H23NO3/c1-14(15-5-4-8-19(24)9-15)23(2)13-18-12-22(25)26-21-11-17-7-3-6-16(17)10-20(18)21/h4-5,8-12,14,24H,3,6-7,13H2,1-2H3. The van der Waals surface area contributed by atoms with E-state index in [0.717, 1.165) is 29.4 Å². The molecule has 3 aromatic rings. The number of hydrogen-bond donors (Lipinski definition) is 1. The second kappa shape index (κ2) is 6.61. The summed E-state index contributed by atoms with van der Waals surface area (Å²) in [6.07, 6.45) is 3.33. The van der Waals surface area contributed by atoms with Gasteiger partial charge in [-0.25, -0.2) is 4.79 Å². The van der Waals surface area contributed by atoms with E-state index in [1.165, 1.54) is 17.5 Å². The summed E-state index contributed by atoms with van der Waals surface area (Å²) in [5, 5.41) is 10.8. The molecule has 0 amide bonds. The molecule has 1 unspecified atom stereocenters. The molecule has 134 valence electrons. The van der Waals surface area contributed by atoms with Gasteiger partial charge in [0.25, 0.3) is 0 Å². The topological polar surface area (TPSA) is 53.7 Å². The fourth-order valence-corrected chi connectivity index (χ4v) is 3.87. The van der Waals surface area contributed by atoms with Gasteiger partial charge in [-0.05, 0) is 79.8 Å². The number of aryl methyl sites for hydroxylation is 2. The second-order valence-electron chi connectivity index (χ2n) is 7.25. The number of aromatic hydroxyl groups is 1. The van der Waals surface area contributed by atoms with E-state index in [9.17, 15) is 9.90 Å². The molecule has 0 spiro atoms. The van der Waals surface area contributed by atoms with E-state index in [-0.39, 0.29) is 17.4 Å². The summed E-state index contributed by atoms with van der Waals surface area (Å²) in [6.45, 7) is 2.73. The first kappa shape index (κ1) is 16.9. The lowest BCUT2D eigenvalue weighted by atomic mass is 10.0. The van der Waals surface area contributed by atoms with Gasteiger partial charge >= 0.3 is 5.63 Å². The molecule has 1 N–H and O–H groups in total. The molecular formula is C22H23NO3. The SMILES string of the molecule is CC(c1cccc(O)c1)N(C)Cc1cc(=O)oc2cc3c(cc12)CCC3. The number of fused-ring (bicyclic) bond motifs is 2. The van der Waals surface area contributed by atoms with Crippen molar-refractivity contribution in [2.45, 2.75) is 38.8 Å². The van der Waals surface area contributed by atoms with Crippen molar-refractivity contribution in [1.29, 1.82) is 0 Å². The Kier molecular flexibility index (Phi) is 4.29. The summed E-state index contributed by atoms with van der Waals surface area (Å²) < 4.78 is 5.46. The molecule has 1 heterocycles. The lowest BCUT2D eigenvalue weighted by Crippen LogP contribution is -2.22. The third-order valence-corrected chi connectivity index (χ3v) is 5.48. The van der Waals surface area contributed by atoms with Crippen molar-refractivity contribution in [3.63, 3.8) is 0 Å². The van der Waals surface area contributed by atoms with E-state index in [1.807, 2.05) is 25.2 Å². The molecule has 1 atom stereocenters. The number of nitrogens with zero attached hydrogens (tertiary/aromatic N) is 1. The summed E-state index contributed by atoms with van der Waals surface area (Å²) in [7, 11) is 2.03. The van der Waals surface area contributed by atoms with E-state index in [0.29, 0.717) is 12.1 Å². The van der Waals surface area contributed by atoms with Gasteiger partial charge in [0.2, 0.25) is 0 Å². The van der Waals surface area contributed by atoms with Crippen LogP contribution in [0.5, 0.6) is 5.75 Å². The van der Waals surface area contributed by atoms with Crippen molar-refractivity contribution in [2.24, 2.45) is 0 Å². The summed E-state index contributed by atoms with van der Waals surface area (Å²) >= 11 is 0. The maximum atomic E-state index is 12.1. The molecule has 0 bridgehead atoms. The van der Waals surface area contributed by atoms with Crippen LogP contribution in [0.25, 0.3) is 11.0 Å². The first-order chi connectivity index (χ1) is 12.5. The largest absolute Gasteiger partial charge is 0.508 e. The fourth-order valence-electron chi connectivity index (χ4n) is 3.87. The van der Waals surface area contributed by atoms with Crippen molar-refractivity contribution in [2.75, 3.05) is 7.05 Å². The average Bonchev–Trinajstić information content (AvgIpc) is 3.06. The molecule has 1 aromatic heterocycles. The molecule has 0 aliphatic heterocycles. The Balaban J connectivity index is 1.69. The van der Waals surface area contributed by atoms with Gasteiger partial charge in [-0.1, -0.05) is 12.1 Å². The molecule has 1 aliphatic carbocycles. The van der Waals surface area contributed by atoms with Crippen molar-refractivity contribution in [3.05, 3.63) is 75.1 Å². The van der Waals surface area contributed by atoms with Crippen LogP contribution in [0.1, 0.15) is 41.6 Å². The highest BCUT2D eigenvalue weighted by Crippen LogP contribution is 2.30. The third-order valence-electron chi connectivity index (χ3n) is 5.48. The van der Waals surface area contributed by atoms with Crippen LogP contribution in [0.4, 0.5) is 0 Å². The molecule has 4 rings (SSSR count). The molecule has 4 nitrogen and oxygen atoms in total. The predicted molar refractivity (Wildman–Crippen MR) is 102 cm³/mol. The van der Waals surface area contributed by atoms with Crippen LogP contribution in [-0.2, 0) is 19.4 Å². The van der Waals surface area contributed by atoms with E-state index < -0.39 is 0 Å². The fraction of sp³-hybridized carbons (Fsp3) is 0.318. The minimum Gasteiger partial charge on any atom is -0.508 e. The Morgan fingerprint density at radius 2 is 1.92 bits per heavy atom. The monoisotopic (exact) mass is 349 g/mol. The Morgan fingerprint density at radius 1 is 1.15 bits per heavy atom. The predicted octanol–water partition coefficient (Wildman–Crippen LogP) is 4.18. The maximum absolute atomic E-state index is 12.1. The number of benzene rings is 2. The Morgan fingerprint density at radius 3 is 2.69 bits per heavy atom. The zero-order chi connectivity index (χ0) is 18.3. The van der Waals surface area contributed by atoms with Gasteiger partial charge < -0.3 is 9.52 Å². The van der Waals surface area contributed by atoms with Crippen LogP contribution in [0.2, 0.25) is 0 Å². The van der Waals surface area contributed by atoms with E-state index in [1.54, 1.807) is 18.2 Å². The molecule has 26 heavy (non-hydrogen) atoms. The van der Waals surface area contributed by atoms with Gasteiger partial charge in [0.05, 0.1) is 0 Å². The molecule has 2 aromatic carbocycles. The number of phenolic OH excluding ortho intramolecular Hbond substituents is 1. The molecule has 1 aliphatic rings. The molecule has 0 fully saturated rings. The van der Waals surface area contributed by atoms with Crippen molar-refractivity contribution < 1.29 is 9.52 Å². The zero-order valence-electron chi connectivity index (χ0n) is 15.2. The smallest absolute Gasteiger partial charge is 0.336 e. The van der Waals surface area contributed by atoms with Crippen LogP contribution >= 0.6 is 0 Å². The van der Waals surface area contributed by atoms with Crippen LogP contribution in [0.3, 0.4) is 0 Å². The first-order valence-electron chi connectivity index (χ1n) is 9.09. The van der Waals surface area contributed by atoms with E-state index in [4.69, 9.17) is 4.42 Å². The van der Waals surface area contributed by atoms with Crippen LogP contribution in [-0.4, -0.2) is 17.1 Å². The lowest BCUT2D eigenvalue weighted by molar-refractivity contribution is 0.253. The summed E-state index contributed by atoms with van der Waals surface area (Å²) in [4.78, 5) is 14.2.